The second kappa shape index (κ2) is 6.50. The Bertz CT molecular complexity index is 401. The van der Waals surface area contributed by atoms with E-state index in [1.165, 1.54) is 6.42 Å². The van der Waals surface area contributed by atoms with Gasteiger partial charge in [0.15, 0.2) is 0 Å². The molecule has 0 aliphatic heterocycles. The van der Waals surface area contributed by atoms with Gasteiger partial charge in [0, 0.05) is 18.8 Å². The number of ether oxygens (including phenoxy) is 1. The molecule has 0 heterocycles. The predicted molar refractivity (Wildman–Crippen MR) is 82.8 cm³/mol. The van der Waals surface area contributed by atoms with Crippen molar-refractivity contribution in [1.29, 1.82) is 0 Å². The van der Waals surface area contributed by atoms with Crippen molar-refractivity contribution in [3.63, 3.8) is 0 Å². The summed E-state index contributed by atoms with van der Waals surface area (Å²) in [7, 11) is 0. The summed E-state index contributed by atoms with van der Waals surface area (Å²) in [5, 5.41) is 0. The summed E-state index contributed by atoms with van der Waals surface area (Å²) in [6.07, 6.45) is 6.56. The Morgan fingerprint density at radius 1 is 1.33 bits per heavy atom. The maximum absolute atomic E-state index is 12.2. The van der Waals surface area contributed by atoms with Crippen molar-refractivity contribution in [1.82, 2.24) is 0 Å². The quantitative estimate of drug-likeness (QED) is 0.716. The van der Waals surface area contributed by atoms with Gasteiger partial charge in [0.1, 0.15) is 5.78 Å². The van der Waals surface area contributed by atoms with Gasteiger partial charge in [-0.05, 0) is 63.2 Å². The first kappa shape index (κ1) is 16.5. The van der Waals surface area contributed by atoms with Crippen LogP contribution in [0.4, 0.5) is 0 Å². The fourth-order valence-corrected chi connectivity index (χ4v) is 4.77. The molecule has 4 atom stereocenters. The molecule has 0 radical (unpaired) electrons. The maximum atomic E-state index is 12.2. The van der Waals surface area contributed by atoms with Crippen LogP contribution in [0.1, 0.15) is 72.6 Å². The molecule has 2 aliphatic rings. The molecule has 2 aliphatic carbocycles. The lowest BCUT2D eigenvalue weighted by Crippen LogP contribution is -2.39. The smallest absolute Gasteiger partial charge is 0.306 e. The number of ketones is 1. The van der Waals surface area contributed by atoms with E-state index in [9.17, 15) is 9.59 Å². The number of hydrogen-bond donors (Lipinski definition) is 0. The van der Waals surface area contributed by atoms with Gasteiger partial charge in [-0.3, -0.25) is 9.59 Å². The van der Waals surface area contributed by atoms with Gasteiger partial charge >= 0.3 is 5.97 Å². The summed E-state index contributed by atoms with van der Waals surface area (Å²) < 4.78 is 5.22. The van der Waals surface area contributed by atoms with Gasteiger partial charge < -0.3 is 4.74 Å². The van der Waals surface area contributed by atoms with Crippen LogP contribution in [0.5, 0.6) is 0 Å². The number of esters is 1. The molecule has 120 valence electrons. The molecule has 0 unspecified atom stereocenters. The highest BCUT2D eigenvalue weighted by molar-refractivity contribution is 5.83. The topological polar surface area (TPSA) is 43.4 Å². The fourth-order valence-electron chi connectivity index (χ4n) is 4.77. The van der Waals surface area contributed by atoms with E-state index < -0.39 is 0 Å². The van der Waals surface area contributed by atoms with Gasteiger partial charge in [-0.25, -0.2) is 0 Å². The lowest BCUT2D eigenvalue weighted by Gasteiger charge is -2.42. The van der Waals surface area contributed by atoms with E-state index in [1.54, 1.807) is 0 Å². The predicted octanol–water partition coefficient (Wildman–Crippen LogP) is 4.14. The molecule has 0 N–H and O–H groups in total. The van der Waals surface area contributed by atoms with E-state index in [1.807, 2.05) is 13.8 Å². The number of rotatable bonds is 5. The van der Waals surface area contributed by atoms with Gasteiger partial charge in [-0.1, -0.05) is 13.8 Å². The Kier molecular flexibility index (Phi) is 5.11. The van der Waals surface area contributed by atoms with Crippen molar-refractivity contribution in [3.8, 4) is 0 Å². The highest BCUT2D eigenvalue weighted by atomic mass is 16.5. The van der Waals surface area contributed by atoms with Gasteiger partial charge in [-0.2, -0.15) is 0 Å². The Balaban J connectivity index is 1.92. The summed E-state index contributed by atoms with van der Waals surface area (Å²) >= 11 is 0. The number of carbonyl (C=O) groups is 2. The third-order valence-electron chi connectivity index (χ3n) is 5.79. The van der Waals surface area contributed by atoms with Gasteiger partial charge in [0.25, 0.3) is 0 Å². The van der Waals surface area contributed by atoms with E-state index in [2.05, 4.69) is 13.8 Å². The molecule has 0 aromatic carbocycles. The van der Waals surface area contributed by atoms with Crippen LogP contribution >= 0.6 is 0 Å². The largest absolute Gasteiger partial charge is 0.463 e. The molecule has 0 saturated heterocycles. The highest BCUT2D eigenvalue weighted by Gasteiger charge is 2.52. The summed E-state index contributed by atoms with van der Waals surface area (Å²) in [6.45, 7) is 8.34. The summed E-state index contributed by atoms with van der Waals surface area (Å²) in [5.74, 6) is 1.75. The van der Waals surface area contributed by atoms with Gasteiger partial charge in [0.05, 0.1) is 6.10 Å². The fraction of sp³-hybridized carbons (Fsp3) is 0.889. The zero-order valence-electron chi connectivity index (χ0n) is 14.0. The van der Waals surface area contributed by atoms with Crippen LogP contribution in [-0.4, -0.2) is 17.9 Å². The minimum absolute atomic E-state index is 0.0304. The van der Waals surface area contributed by atoms with E-state index in [0.29, 0.717) is 24.0 Å². The Morgan fingerprint density at radius 3 is 2.71 bits per heavy atom. The van der Waals surface area contributed by atoms with E-state index in [-0.39, 0.29) is 23.4 Å². The molecule has 2 saturated carbocycles. The van der Waals surface area contributed by atoms with Crippen molar-refractivity contribution in [2.45, 2.75) is 78.7 Å². The monoisotopic (exact) mass is 294 g/mol. The molecule has 2 rings (SSSR count). The lowest BCUT2D eigenvalue weighted by molar-refractivity contribution is -0.148. The van der Waals surface area contributed by atoms with Crippen LogP contribution in [0, 0.1) is 23.2 Å². The molecule has 3 nitrogen and oxygen atoms in total. The zero-order valence-corrected chi connectivity index (χ0v) is 14.0. The average molecular weight is 294 g/mol. The Hall–Kier alpha value is -0.860. The zero-order chi connectivity index (χ0) is 15.6. The normalized spacial score (nSPS) is 33.9. The van der Waals surface area contributed by atoms with Crippen molar-refractivity contribution < 1.29 is 14.3 Å². The lowest BCUT2D eigenvalue weighted by atomic mass is 9.62. The second-order valence-electron chi connectivity index (χ2n) is 7.62. The molecular formula is C18H30O3. The van der Waals surface area contributed by atoms with Crippen molar-refractivity contribution in [2.75, 3.05) is 0 Å². The molecule has 0 aromatic heterocycles. The summed E-state index contributed by atoms with van der Waals surface area (Å²) in [5.41, 5.74) is 0.177. The molecular weight excluding hydrogens is 264 g/mol. The first-order chi connectivity index (χ1) is 9.84. The van der Waals surface area contributed by atoms with Crippen LogP contribution in [0.25, 0.3) is 0 Å². The van der Waals surface area contributed by atoms with Crippen molar-refractivity contribution in [3.05, 3.63) is 0 Å². The minimum atomic E-state index is -0.0868. The summed E-state index contributed by atoms with van der Waals surface area (Å²) in [4.78, 5) is 23.9. The number of Topliss-reactive ketones (excluding diaryl/α,β-unsaturated/α-hetero) is 1. The molecule has 3 heteroatoms. The molecule has 0 bridgehead atoms. The third-order valence-corrected chi connectivity index (χ3v) is 5.79. The van der Waals surface area contributed by atoms with Gasteiger partial charge in [0.2, 0.25) is 0 Å². The average Bonchev–Trinajstić information content (AvgIpc) is 2.74. The number of fused-ring (bicyclic) bond motifs is 1. The SMILES string of the molecule is CC(C)OC(=O)CC[C@@H](C)[C@H]1CC[C@H]2C(=O)CCC[C@]12C. The number of carbonyl (C=O) groups excluding carboxylic acids is 2. The highest BCUT2D eigenvalue weighted by Crippen LogP contribution is 2.57. The minimum Gasteiger partial charge on any atom is -0.463 e. The summed E-state index contributed by atoms with van der Waals surface area (Å²) in [6, 6.07) is 0. The van der Waals surface area contributed by atoms with Crippen LogP contribution in [0.2, 0.25) is 0 Å². The van der Waals surface area contributed by atoms with Gasteiger partial charge in [-0.15, -0.1) is 0 Å². The first-order valence-corrected chi connectivity index (χ1v) is 8.56. The number of hydrogen-bond acceptors (Lipinski definition) is 3. The molecule has 21 heavy (non-hydrogen) atoms. The first-order valence-electron chi connectivity index (χ1n) is 8.56. The van der Waals surface area contributed by atoms with Crippen LogP contribution in [0.3, 0.4) is 0 Å². The van der Waals surface area contributed by atoms with E-state index in [4.69, 9.17) is 4.74 Å². The molecule has 0 spiro atoms. The van der Waals surface area contributed by atoms with E-state index in [0.717, 1.165) is 32.1 Å². The molecule has 2 fully saturated rings. The van der Waals surface area contributed by atoms with Crippen LogP contribution in [-0.2, 0) is 14.3 Å². The van der Waals surface area contributed by atoms with Crippen molar-refractivity contribution in [2.24, 2.45) is 23.2 Å². The van der Waals surface area contributed by atoms with E-state index >= 15 is 0 Å². The van der Waals surface area contributed by atoms with Crippen LogP contribution in [0.15, 0.2) is 0 Å². The molecule has 0 aromatic rings. The second-order valence-corrected chi connectivity index (χ2v) is 7.62. The Morgan fingerprint density at radius 2 is 2.05 bits per heavy atom. The molecule has 0 amide bonds. The maximum Gasteiger partial charge on any atom is 0.306 e. The third kappa shape index (κ3) is 3.49. The van der Waals surface area contributed by atoms with Crippen LogP contribution < -0.4 is 0 Å². The standard InChI is InChI=1S/C18H30O3/c1-12(2)21-17(20)10-7-13(3)14-8-9-15-16(19)6-5-11-18(14,15)4/h12-15H,5-11H2,1-4H3/t13-,14-,15+,18-/m1/s1. The van der Waals surface area contributed by atoms with Crippen molar-refractivity contribution >= 4 is 11.8 Å². The Labute approximate surface area is 128 Å².